The van der Waals surface area contributed by atoms with E-state index in [1.807, 2.05) is 7.05 Å². The summed E-state index contributed by atoms with van der Waals surface area (Å²) in [5, 5.41) is 3.11. The number of nitrogens with one attached hydrogen (secondary N) is 1. The summed E-state index contributed by atoms with van der Waals surface area (Å²) in [5.74, 6) is 3.10. The van der Waals surface area contributed by atoms with Crippen molar-refractivity contribution in [1.29, 1.82) is 0 Å². The fraction of sp³-hybridized carbons (Fsp3) is 0.692. The monoisotopic (exact) mass is 207 g/mol. The molecule has 2 rings (SSSR count). The number of hydrogen-bond acceptors (Lipinski definition) is 2. The fourth-order valence-corrected chi connectivity index (χ4v) is 2.48. The first-order valence-electron chi connectivity index (χ1n) is 6.10. The molecule has 15 heavy (non-hydrogen) atoms. The van der Waals surface area contributed by atoms with E-state index in [0.717, 1.165) is 24.6 Å². The molecule has 0 spiro atoms. The molecule has 0 radical (unpaired) electrons. The highest BCUT2D eigenvalue weighted by Crippen LogP contribution is 2.27. The second-order valence-electron chi connectivity index (χ2n) is 4.61. The summed E-state index contributed by atoms with van der Waals surface area (Å²) in [7, 11) is 1.95. The third-order valence-corrected chi connectivity index (χ3v) is 3.28. The van der Waals surface area contributed by atoms with Gasteiger partial charge in [0.2, 0.25) is 0 Å². The standard InChI is InChI=1S/C13H21NO/c1-14-10-13-8-7-12(15-13)9-11-5-3-2-4-6-11/h7-8,11,14H,2-6,9-10H2,1H3. The molecule has 0 atom stereocenters. The smallest absolute Gasteiger partial charge is 0.117 e. The van der Waals surface area contributed by atoms with Crippen molar-refractivity contribution in [2.75, 3.05) is 7.05 Å². The van der Waals surface area contributed by atoms with E-state index in [2.05, 4.69) is 17.4 Å². The summed E-state index contributed by atoms with van der Waals surface area (Å²) in [6.07, 6.45) is 8.18. The molecule has 1 heterocycles. The Morgan fingerprint density at radius 3 is 2.67 bits per heavy atom. The van der Waals surface area contributed by atoms with Gasteiger partial charge in [0.25, 0.3) is 0 Å². The molecule has 0 unspecified atom stereocenters. The van der Waals surface area contributed by atoms with Gasteiger partial charge in [0.05, 0.1) is 6.54 Å². The maximum absolute atomic E-state index is 5.76. The zero-order valence-electron chi connectivity index (χ0n) is 9.59. The molecule has 0 aliphatic heterocycles. The van der Waals surface area contributed by atoms with E-state index < -0.39 is 0 Å². The lowest BCUT2D eigenvalue weighted by Crippen LogP contribution is -2.08. The van der Waals surface area contributed by atoms with Crippen molar-refractivity contribution in [3.05, 3.63) is 23.7 Å². The summed E-state index contributed by atoms with van der Waals surface area (Å²) in [4.78, 5) is 0. The topological polar surface area (TPSA) is 25.2 Å². The summed E-state index contributed by atoms with van der Waals surface area (Å²) in [6, 6.07) is 4.23. The quantitative estimate of drug-likeness (QED) is 0.820. The van der Waals surface area contributed by atoms with E-state index in [1.165, 1.54) is 37.9 Å². The van der Waals surface area contributed by atoms with Gasteiger partial charge in [-0.3, -0.25) is 0 Å². The largest absolute Gasteiger partial charge is 0.465 e. The first-order chi connectivity index (χ1) is 7.38. The normalized spacial score (nSPS) is 18.2. The van der Waals surface area contributed by atoms with Crippen LogP contribution in [0.15, 0.2) is 16.5 Å². The second kappa shape index (κ2) is 5.36. The second-order valence-corrected chi connectivity index (χ2v) is 4.61. The predicted octanol–water partition coefficient (Wildman–Crippen LogP) is 3.12. The van der Waals surface area contributed by atoms with Gasteiger partial charge in [-0.05, 0) is 25.1 Å². The Morgan fingerprint density at radius 2 is 1.93 bits per heavy atom. The van der Waals surface area contributed by atoms with Crippen LogP contribution in [0.4, 0.5) is 0 Å². The first-order valence-corrected chi connectivity index (χ1v) is 6.10. The minimum absolute atomic E-state index is 0.838. The lowest BCUT2D eigenvalue weighted by atomic mass is 9.86. The van der Waals surface area contributed by atoms with Crippen molar-refractivity contribution in [2.24, 2.45) is 5.92 Å². The zero-order chi connectivity index (χ0) is 10.5. The van der Waals surface area contributed by atoms with E-state index in [0.29, 0.717) is 0 Å². The lowest BCUT2D eigenvalue weighted by Gasteiger charge is -2.20. The molecule has 0 amide bonds. The number of furan rings is 1. The fourth-order valence-electron chi connectivity index (χ4n) is 2.48. The minimum Gasteiger partial charge on any atom is -0.465 e. The van der Waals surface area contributed by atoms with Crippen LogP contribution in [-0.4, -0.2) is 7.05 Å². The predicted molar refractivity (Wildman–Crippen MR) is 61.8 cm³/mol. The van der Waals surface area contributed by atoms with Gasteiger partial charge in [-0.1, -0.05) is 32.1 Å². The molecule has 1 fully saturated rings. The Kier molecular flexibility index (Phi) is 3.84. The van der Waals surface area contributed by atoms with Gasteiger partial charge >= 0.3 is 0 Å². The maximum Gasteiger partial charge on any atom is 0.117 e. The first kappa shape index (κ1) is 10.7. The van der Waals surface area contributed by atoms with Gasteiger partial charge in [0.1, 0.15) is 11.5 Å². The van der Waals surface area contributed by atoms with Gasteiger partial charge in [-0.25, -0.2) is 0 Å². The molecule has 0 saturated heterocycles. The molecule has 84 valence electrons. The van der Waals surface area contributed by atoms with Gasteiger partial charge in [0.15, 0.2) is 0 Å². The SMILES string of the molecule is CNCc1ccc(CC2CCCCC2)o1. The average molecular weight is 207 g/mol. The lowest BCUT2D eigenvalue weighted by molar-refractivity contribution is 0.328. The molecule has 1 N–H and O–H groups in total. The minimum atomic E-state index is 0.838. The van der Waals surface area contributed by atoms with Crippen molar-refractivity contribution in [3.8, 4) is 0 Å². The molecular weight excluding hydrogens is 186 g/mol. The zero-order valence-corrected chi connectivity index (χ0v) is 9.59. The van der Waals surface area contributed by atoms with Crippen molar-refractivity contribution in [1.82, 2.24) is 5.32 Å². The Balaban J connectivity index is 1.86. The maximum atomic E-state index is 5.76. The Labute approximate surface area is 92.1 Å². The molecule has 1 aliphatic carbocycles. The van der Waals surface area contributed by atoms with Crippen LogP contribution in [0.1, 0.15) is 43.6 Å². The van der Waals surface area contributed by atoms with Gasteiger partial charge in [-0.2, -0.15) is 0 Å². The van der Waals surface area contributed by atoms with E-state index in [-0.39, 0.29) is 0 Å². The van der Waals surface area contributed by atoms with E-state index in [9.17, 15) is 0 Å². The molecule has 0 bridgehead atoms. The van der Waals surface area contributed by atoms with Crippen LogP contribution in [0.5, 0.6) is 0 Å². The molecule has 2 heteroatoms. The average Bonchev–Trinajstić information content (AvgIpc) is 2.68. The van der Waals surface area contributed by atoms with Crippen LogP contribution in [0.25, 0.3) is 0 Å². The summed E-state index contributed by atoms with van der Waals surface area (Å²) in [6.45, 7) is 0.838. The summed E-state index contributed by atoms with van der Waals surface area (Å²) in [5.41, 5.74) is 0. The Hall–Kier alpha value is -0.760. The van der Waals surface area contributed by atoms with Crippen LogP contribution in [-0.2, 0) is 13.0 Å². The molecular formula is C13H21NO. The van der Waals surface area contributed by atoms with E-state index in [1.54, 1.807) is 0 Å². The van der Waals surface area contributed by atoms with Crippen LogP contribution < -0.4 is 5.32 Å². The van der Waals surface area contributed by atoms with Crippen LogP contribution in [0.3, 0.4) is 0 Å². The van der Waals surface area contributed by atoms with Crippen LogP contribution in [0.2, 0.25) is 0 Å². The molecule has 0 aromatic carbocycles. The van der Waals surface area contributed by atoms with E-state index in [4.69, 9.17) is 4.42 Å². The number of hydrogen-bond donors (Lipinski definition) is 1. The summed E-state index contributed by atoms with van der Waals surface area (Å²) < 4.78 is 5.76. The van der Waals surface area contributed by atoms with Crippen molar-refractivity contribution in [2.45, 2.75) is 45.1 Å². The third kappa shape index (κ3) is 3.10. The van der Waals surface area contributed by atoms with Gasteiger partial charge in [0, 0.05) is 6.42 Å². The van der Waals surface area contributed by atoms with Crippen molar-refractivity contribution < 1.29 is 4.42 Å². The molecule has 1 aromatic heterocycles. The van der Waals surface area contributed by atoms with E-state index >= 15 is 0 Å². The highest BCUT2D eigenvalue weighted by atomic mass is 16.3. The highest BCUT2D eigenvalue weighted by Gasteiger charge is 2.15. The van der Waals surface area contributed by atoms with Gasteiger partial charge < -0.3 is 9.73 Å². The molecule has 1 aliphatic rings. The number of rotatable bonds is 4. The van der Waals surface area contributed by atoms with Crippen LogP contribution in [0, 0.1) is 5.92 Å². The highest BCUT2D eigenvalue weighted by molar-refractivity contribution is 5.07. The Bertz CT molecular complexity index is 286. The molecule has 2 nitrogen and oxygen atoms in total. The van der Waals surface area contributed by atoms with Crippen molar-refractivity contribution >= 4 is 0 Å². The molecule has 1 saturated carbocycles. The third-order valence-electron chi connectivity index (χ3n) is 3.28. The summed E-state index contributed by atoms with van der Waals surface area (Å²) >= 11 is 0. The van der Waals surface area contributed by atoms with Crippen molar-refractivity contribution in [3.63, 3.8) is 0 Å². The van der Waals surface area contributed by atoms with Crippen LogP contribution >= 0.6 is 0 Å². The van der Waals surface area contributed by atoms with Gasteiger partial charge in [-0.15, -0.1) is 0 Å². The Morgan fingerprint density at radius 1 is 1.20 bits per heavy atom. The molecule has 1 aromatic rings.